The van der Waals surface area contributed by atoms with E-state index in [4.69, 9.17) is 14.2 Å². The fourth-order valence-corrected chi connectivity index (χ4v) is 3.72. The van der Waals surface area contributed by atoms with Gasteiger partial charge in [0.05, 0.1) is 0 Å². The van der Waals surface area contributed by atoms with Crippen molar-refractivity contribution >= 4 is 0 Å². The largest absolute Gasteiger partial charge is 0.374 e. The van der Waals surface area contributed by atoms with Crippen molar-refractivity contribution in [3.05, 3.63) is 23.8 Å². The van der Waals surface area contributed by atoms with Crippen LogP contribution in [0.1, 0.15) is 88.5 Å². The average molecular weight is 409 g/mol. The lowest BCUT2D eigenvalue weighted by molar-refractivity contribution is -0.221. The lowest BCUT2D eigenvalue weighted by Gasteiger charge is -2.40. The number of rotatable bonds is 9. The zero-order chi connectivity index (χ0) is 22.5. The van der Waals surface area contributed by atoms with Crippen LogP contribution in [0.15, 0.2) is 23.8 Å². The molecule has 1 aliphatic rings. The molecule has 4 atom stereocenters. The first-order valence-corrected chi connectivity index (χ1v) is 11.4. The second-order valence-corrected chi connectivity index (χ2v) is 11.9. The van der Waals surface area contributed by atoms with E-state index >= 15 is 0 Å². The first kappa shape index (κ1) is 26.4. The van der Waals surface area contributed by atoms with Crippen molar-refractivity contribution in [1.29, 1.82) is 0 Å². The summed E-state index contributed by atoms with van der Waals surface area (Å²) in [6.07, 6.45) is 9.52. The molecule has 0 aromatic carbocycles. The van der Waals surface area contributed by atoms with Crippen molar-refractivity contribution in [1.82, 2.24) is 0 Å². The van der Waals surface area contributed by atoms with Gasteiger partial charge in [0.25, 0.3) is 0 Å². The predicted molar refractivity (Wildman–Crippen MR) is 124 cm³/mol. The van der Waals surface area contributed by atoms with Crippen molar-refractivity contribution in [2.24, 2.45) is 22.2 Å². The van der Waals surface area contributed by atoms with Crippen LogP contribution in [0, 0.1) is 22.2 Å². The molecule has 0 aromatic heterocycles. The van der Waals surface area contributed by atoms with Gasteiger partial charge in [0, 0.05) is 19.1 Å². The van der Waals surface area contributed by atoms with Crippen LogP contribution < -0.4 is 0 Å². The van der Waals surface area contributed by atoms with Crippen LogP contribution in [0.4, 0.5) is 0 Å². The first-order chi connectivity index (χ1) is 13.2. The highest BCUT2D eigenvalue weighted by molar-refractivity contribution is 5.31. The maximum atomic E-state index is 6.44. The van der Waals surface area contributed by atoms with E-state index in [1.807, 2.05) is 0 Å². The zero-order valence-corrected chi connectivity index (χ0v) is 21.1. The van der Waals surface area contributed by atoms with E-state index in [0.29, 0.717) is 5.92 Å². The molecule has 0 aliphatic heterocycles. The van der Waals surface area contributed by atoms with Gasteiger partial charge >= 0.3 is 0 Å². The second kappa shape index (κ2) is 10.6. The summed E-state index contributed by atoms with van der Waals surface area (Å²) in [5.74, 6) is 0.469. The quantitative estimate of drug-likeness (QED) is 0.299. The summed E-state index contributed by atoms with van der Waals surface area (Å²) in [5.41, 5.74) is 1.72. The molecule has 3 heteroatoms. The predicted octanol–water partition coefficient (Wildman–Crippen LogP) is 7.17. The smallest absolute Gasteiger partial charge is 0.163 e. The molecule has 0 saturated heterocycles. The molecule has 0 radical (unpaired) electrons. The van der Waals surface area contributed by atoms with Crippen LogP contribution >= 0.6 is 0 Å². The molecule has 0 spiro atoms. The maximum Gasteiger partial charge on any atom is 0.163 e. The van der Waals surface area contributed by atoms with Crippen LogP contribution in [-0.2, 0) is 14.2 Å². The highest BCUT2D eigenvalue weighted by Crippen LogP contribution is 2.42. The van der Waals surface area contributed by atoms with Crippen LogP contribution in [0.5, 0.6) is 0 Å². The van der Waals surface area contributed by atoms with E-state index in [0.717, 1.165) is 25.9 Å². The molecule has 170 valence electrons. The molecule has 0 fully saturated rings. The zero-order valence-electron chi connectivity index (χ0n) is 21.1. The van der Waals surface area contributed by atoms with Gasteiger partial charge in [-0.05, 0) is 41.2 Å². The van der Waals surface area contributed by atoms with Gasteiger partial charge < -0.3 is 14.2 Å². The lowest BCUT2D eigenvalue weighted by atomic mass is 9.68. The van der Waals surface area contributed by atoms with Gasteiger partial charge in [-0.1, -0.05) is 87.8 Å². The summed E-state index contributed by atoms with van der Waals surface area (Å²) in [6, 6.07) is 0. The average Bonchev–Trinajstić information content (AvgIpc) is 2.56. The Bertz CT molecular complexity index is 540. The summed E-state index contributed by atoms with van der Waals surface area (Å²) in [6.45, 7) is 23.4. The van der Waals surface area contributed by atoms with Crippen LogP contribution in [0.2, 0.25) is 0 Å². The van der Waals surface area contributed by atoms with Gasteiger partial charge in [-0.2, -0.15) is 0 Å². The summed E-state index contributed by atoms with van der Waals surface area (Å²) < 4.78 is 18.4. The molecule has 29 heavy (non-hydrogen) atoms. The van der Waals surface area contributed by atoms with E-state index in [2.05, 4.69) is 87.5 Å². The van der Waals surface area contributed by atoms with Gasteiger partial charge in [0.15, 0.2) is 6.29 Å². The number of allylic oxidation sites excluding steroid dienone is 2. The topological polar surface area (TPSA) is 27.7 Å². The van der Waals surface area contributed by atoms with E-state index in [1.54, 1.807) is 7.11 Å². The minimum absolute atomic E-state index is 0.0932. The van der Waals surface area contributed by atoms with E-state index in [9.17, 15) is 0 Å². The minimum atomic E-state index is -0.260. The molecule has 0 saturated carbocycles. The molecule has 0 aromatic rings. The Morgan fingerprint density at radius 2 is 1.55 bits per heavy atom. The highest BCUT2D eigenvalue weighted by Gasteiger charge is 2.36. The summed E-state index contributed by atoms with van der Waals surface area (Å²) in [5, 5.41) is 0. The molecule has 4 unspecified atom stereocenters. The molecule has 0 heterocycles. The van der Waals surface area contributed by atoms with Crippen molar-refractivity contribution in [2.45, 2.75) is 107 Å². The van der Waals surface area contributed by atoms with Crippen molar-refractivity contribution < 1.29 is 14.2 Å². The molecule has 1 aliphatic carbocycles. The third-order valence-corrected chi connectivity index (χ3v) is 5.45. The Hall–Kier alpha value is -0.640. The molecule has 1 rings (SSSR count). The maximum absolute atomic E-state index is 6.44. The summed E-state index contributed by atoms with van der Waals surface area (Å²) in [4.78, 5) is 0. The molecule has 0 amide bonds. The lowest BCUT2D eigenvalue weighted by Crippen LogP contribution is -2.41. The Morgan fingerprint density at radius 3 is 2.00 bits per heavy atom. The number of methoxy groups -OCH3 is 1. The Morgan fingerprint density at radius 1 is 0.931 bits per heavy atom. The normalized spacial score (nSPS) is 23.1. The van der Waals surface area contributed by atoms with Crippen LogP contribution in [0.25, 0.3) is 0 Å². The molecular formula is C26H48O3. The summed E-state index contributed by atoms with van der Waals surface area (Å²) in [7, 11) is 1.77. The van der Waals surface area contributed by atoms with E-state index < -0.39 is 0 Å². The highest BCUT2D eigenvalue weighted by atomic mass is 16.7. The Kier molecular flexibility index (Phi) is 9.64. The van der Waals surface area contributed by atoms with Gasteiger partial charge in [-0.15, -0.1) is 0 Å². The number of hydrogen-bond acceptors (Lipinski definition) is 3. The Labute approximate surface area is 181 Å². The van der Waals surface area contributed by atoms with Gasteiger partial charge in [-0.25, -0.2) is 0 Å². The fourth-order valence-electron chi connectivity index (χ4n) is 3.72. The SMILES string of the molecule is CCCCOC(OC1C=CC(C(CC(C)(C)C)C(C)(C)C)=CC1OC)C(C)(C)C. The third-order valence-electron chi connectivity index (χ3n) is 5.45. The fraction of sp³-hybridized carbons (Fsp3) is 0.846. The third kappa shape index (κ3) is 8.94. The van der Waals surface area contributed by atoms with Crippen LogP contribution in [-0.4, -0.2) is 32.2 Å². The number of unbranched alkanes of at least 4 members (excludes halogenated alkanes) is 1. The standard InChI is InChI=1S/C26H48O3/c1-12-13-16-28-23(26(8,9)10)29-21-15-14-19(17-22(21)27-11)20(25(5,6)7)18-24(2,3)4/h14-15,17,20-23H,12-13,16,18H2,1-11H3. The molecular weight excluding hydrogens is 360 g/mol. The number of hydrogen-bond donors (Lipinski definition) is 0. The van der Waals surface area contributed by atoms with Crippen LogP contribution in [0.3, 0.4) is 0 Å². The minimum Gasteiger partial charge on any atom is -0.374 e. The monoisotopic (exact) mass is 408 g/mol. The Balaban J connectivity index is 3.02. The van der Waals surface area contributed by atoms with Gasteiger partial charge in [-0.3, -0.25) is 0 Å². The van der Waals surface area contributed by atoms with Gasteiger partial charge in [0.2, 0.25) is 0 Å². The first-order valence-electron chi connectivity index (χ1n) is 11.4. The summed E-state index contributed by atoms with van der Waals surface area (Å²) >= 11 is 0. The van der Waals surface area contributed by atoms with Crippen molar-refractivity contribution in [2.75, 3.05) is 13.7 Å². The van der Waals surface area contributed by atoms with Crippen molar-refractivity contribution in [3.63, 3.8) is 0 Å². The van der Waals surface area contributed by atoms with E-state index in [-0.39, 0.29) is 34.7 Å². The van der Waals surface area contributed by atoms with Gasteiger partial charge in [0.1, 0.15) is 12.2 Å². The second-order valence-electron chi connectivity index (χ2n) is 11.9. The van der Waals surface area contributed by atoms with E-state index in [1.165, 1.54) is 5.57 Å². The molecule has 3 nitrogen and oxygen atoms in total. The van der Waals surface area contributed by atoms with Crippen molar-refractivity contribution in [3.8, 4) is 0 Å². The molecule has 0 bridgehead atoms. The molecule has 0 N–H and O–H groups in total. The number of ether oxygens (including phenoxy) is 3.